The van der Waals surface area contributed by atoms with E-state index in [0.717, 1.165) is 28.2 Å². The third kappa shape index (κ3) is 2.80. The van der Waals surface area contributed by atoms with Crippen molar-refractivity contribution in [3.05, 3.63) is 58.7 Å². The van der Waals surface area contributed by atoms with E-state index in [-0.39, 0.29) is 5.41 Å². The second kappa shape index (κ2) is 5.42. The molecule has 2 aromatic carbocycles. The highest BCUT2D eigenvalue weighted by molar-refractivity contribution is 5.55. The number of benzene rings is 2. The van der Waals surface area contributed by atoms with E-state index in [1.807, 2.05) is 24.3 Å². The predicted octanol–water partition coefficient (Wildman–Crippen LogP) is 4.28. The Kier molecular flexibility index (Phi) is 3.58. The monoisotopic (exact) mass is 292 g/mol. The smallest absolute Gasteiger partial charge is 0.135 e. The van der Waals surface area contributed by atoms with Gasteiger partial charge in [-0.25, -0.2) is 0 Å². The van der Waals surface area contributed by atoms with Crippen LogP contribution in [0.3, 0.4) is 0 Å². The minimum atomic E-state index is 0.102. The van der Waals surface area contributed by atoms with E-state index in [9.17, 15) is 0 Å². The van der Waals surface area contributed by atoms with Crippen molar-refractivity contribution >= 4 is 0 Å². The van der Waals surface area contributed by atoms with E-state index in [1.54, 1.807) is 7.11 Å². The lowest BCUT2D eigenvalue weighted by atomic mass is 9.86. The summed E-state index contributed by atoms with van der Waals surface area (Å²) in [4.78, 5) is 0. The van der Waals surface area contributed by atoms with E-state index < -0.39 is 0 Å². The van der Waals surface area contributed by atoms with Gasteiger partial charge in [0.1, 0.15) is 18.1 Å². The average molecular weight is 292 g/mol. The number of hydrogen-bond donors (Lipinski definition) is 0. The molecule has 0 aliphatic carbocycles. The zero-order valence-electron chi connectivity index (χ0n) is 13.5. The molecule has 0 bridgehead atoms. The Morgan fingerprint density at radius 3 is 2.50 bits per heavy atom. The highest BCUT2D eigenvalue weighted by Crippen LogP contribution is 2.29. The first-order valence-corrected chi connectivity index (χ1v) is 7.43. The maximum absolute atomic E-state index is 5.96. The topological polar surface area (TPSA) is 18.5 Å². The van der Waals surface area contributed by atoms with Gasteiger partial charge in [-0.2, -0.15) is 0 Å². The SMILES string of the molecule is COc1ccc2c(c1)COc1ccc(C(C)(C)C)cc1C#C2. The lowest BCUT2D eigenvalue weighted by Crippen LogP contribution is -2.12. The van der Waals surface area contributed by atoms with Crippen LogP contribution in [0.5, 0.6) is 11.5 Å². The molecule has 0 fully saturated rings. The summed E-state index contributed by atoms with van der Waals surface area (Å²) in [6.07, 6.45) is 0. The second-order valence-corrected chi connectivity index (χ2v) is 6.52. The van der Waals surface area contributed by atoms with Gasteiger partial charge in [0, 0.05) is 11.1 Å². The summed E-state index contributed by atoms with van der Waals surface area (Å²) in [6, 6.07) is 12.2. The summed E-state index contributed by atoms with van der Waals surface area (Å²) >= 11 is 0. The van der Waals surface area contributed by atoms with E-state index in [0.29, 0.717) is 6.61 Å². The van der Waals surface area contributed by atoms with Crippen LogP contribution in [-0.4, -0.2) is 7.11 Å². The van der Waals surface area contributed by atoms with Crippen LogP contribution in [0.4, 0.5) is 0 Å². The van der Waals surface area contributed by atoms with Crippen LogP contribution < -0.4 is 9.47 Å². The van der Waals surface area contributed by atoms with Crippen LogP contribution >= 0.6 is 0 Å². The summed E-state index contributed by atoms with van der Waals surface area (Å²) in [5.74, 6) is 8.19. The number of hydrogen-bond acceptors (Lipinski definition) is 2. The molecule has 2 aromatic rings. The van der Waals surface area contributed by atoms with Gasteiger partial charge in [-0.05, 0) is 41.3 Å². The van der Waals surface area contributed by atoms with Crippen LogP contribution in [0.25, 0.3) is 0 Å². The minimum absolute atomic E-state index is 0.102. The average Bonchev–Trinajstić information content (AvgIpc) is 2.48. The Morgan fingerprint density at radius 1 is 1.00 bits per heavy atom. The van der Waals surface area contributed by atoms with Gasteiger partial charge < -0.3 is 9.47 Å². The Morgan fingerprint density at radius 2 is 1.77 bits per heavy atom. The first-order valence-electron chi connectivity index (χ1n) is 7.43. The molecule has 1 aliphatic rings. The Bertz CT molecular complexity index is 771. The number of methoxy groups -OCH3 is 1. The van der Waals surface area contributed by atoms with Gasteiger partial charge in [-0.15, -0.1) is 0 Å². The molecule has 0 amide bonds. The molecule has 0 saturated heterocycles. The van der Waals surface area contributed by atoms with Gasteiger partial charge in [0.25, 0.3) is 0 Å². The molecular weight excluding hydrogens is 272 g/mol. The number of ether oxygens (including phenoxy) is 2. The second-order valence-electron chi connectivity index (χ2n) is 6.52. The fourth-order valence-electron chi connectivity index (χ4n) is 2.45. The first kappa shape index (κ1) is 14.5. The standard InChI is InChI=1S/C20H20O2/c1-20(2,3)17-8-10-19-15(11-17)6-5-14-7-9-18(21-4)12-16(14)13-22-19/h7-12H,13H2,1-4H3. The van der Waals surface area contributed by atoms with Crippen LogP contribution in [0.1, 0.15) is 43.0 Å². The van der Waals surface area contributed by atoms with E-state index in [1.165, 1.54) is 5.56 Å². The molecule has 112 valence electrons. The molecule has 22 heavy (non-hydrogen) atoms. The highest BCUT2D eigenvalue weighted by Gasteiger charge is 2.16. The van der Waals surface area contributed by atoms with Crippen molar-refractivity contribution in [2.24, 2.45) is 0 Å². The number of rotatable bonds is 1. The number of fused-ring (bicyclic) bond motifs is 2. The molecule has 0 unspecified atom stereocenters. The molecule has 0 saturated carbocycles. The normalized spacial score (nSPS) is 12.7. The maximum Gasteiger partial charge on any atom is 0.135 e. The fraction of sp³-hybridized carbons (Fsp3) is 0.300. The van der Waals surface area contributed by atoms with Crippen molar-refractivity contribution in [1.82, 2.24) is 0 Å². The summed E-state index contributed by atoms with van der Waals surface area (Å²) < 4.78 is 11.2. The molecule has 2 nitrogen and oxygen atoms in total. The maximum atomic E-state index is 5.96. The zero-order chi connectivity index (χ0) is 15.7. The summed E-state index contributed by atoms with van der Waals surface area (Å²) in [5.41, 5.74) is 4.36. The summed E-state index contributed by atoms with van der Waals surface area (Å²) in [6.45, 7) is 7.11. The highest BCUT2D eigenvalue weighted by atomic mass is 16.5. The van der Waals surface area contributed by atoms with Gasteiger partial charge in [-0.1, -0.05) is 38.7 Å². The van der Waals surface area contributed by atoms with E-state index in [4.69, 9.17) is 9.47 Å². The molecule has 0 N–H and O–H groups in total. The fourth-order valence-corrected chi connectivity index (χ4v) is 2.45. The van der Waals surface area contributed by atoms with Crippen molar-refractivity contribution in [3.63, 3.8) is 0 Å². The third-order valence-electron chi connectivity index (χ3n) is 3.87. The lowest BCUT2D eigenvalue weighted by Gasteiger charge is -2.21. The van der Waals surface area contributed by atoms with Gasteiger partial charge in [0.05, 0.1) is 12.7 Å². The molecule has 3 rings (SSSR count). The molecule has 0 spiro atoms. The van der Waals surface area contributed by atoms with E-state index in [2.05, 4.69) is 44.7 Å². The van der Waals surface area contributed by atoms with Crippen LogP contribution in [0.15, 0.2) is 36.4 Å². The van der Waals surface area contributed by atoms with Crippen molar-refractivity contribution < 1.29 is 9.47 Å². The zero-order valence-corrected chi connectivity index (χ0v) is 13.5. The molecule has 2 heteroatoms. The predicted molar refractivity (Wildman–Crippen MR) is 88.4 cm³/mol. The Labute approximate surface area is 132 Å². The van der Waals surface area contributed by atoms with Crippen LogP contribution in [-0.2, 0) is 12.0 Å². The van der Waals surface area contributed by atoms with Gasteiger partial charge >= 0.3 is 0 Å². The third-order valence-corrected chi connectivity index (χ3v) is 3.87. The first-order chi connectivity index (χ1) is 10.5. The van der Waals surface area contributed by atoms with Gasteiger partial charge in [-0.3, -0.25) is 0 Å². The van der Waals surface area contributed by atoms with Gasteiger partial charge in [0.2, 0.25) is 0 Å². The lowest BCUT2D eigenvalue weighted by molar-refractivity contribution is 0.303. The quantitative estimate of drug-likeness (QED) is 0.730. The molecular formula is C20H20O2. The Balaban J connectivity index is 2.06. The molecule has 0 aromatic heterocycles. The molecule has 1 aliphatic heterocycles. The Hall–Kier alpha value is -2.40. The molecule has 0 radical (unpaired) electrons. The largest absolute Gasteiger partial charge is 0.497 e. The molecule has 1 heterocycles. The van der Waals surface area contributed by atoms with Crippen LogP contribution in [0, 0.1) is 11.8 Å². The van der Waals surface area contributed by atoms with Crippen molar-refractivity contribution in [1.29, 1.82) is 0 Å². The van der Waals surface area contributed by atoms with Crippen molar-refractivity contribution in [3.8, 4) is 23.3 Å². The van der Waals surface area contributed by atoms with Crippen molar-refractivity contribution in [2.75, 3.05) is 7.11 Å². The van der Waals surface area contributed by atoms with Gasteiger partial charge in [0.15, 0.2) is 0 Å². The summed E-state index contributed by atoms with van der Waals surface area (Å²) in [7, 11) is 1.67. The molecule has 0 atom stereocenters. The summed E-state index contributed by atoms with van der Waals surface area (Å²) in [5, 5.41) is 0. The van der Waals surface area contributed by atoms with E-state index >= 15 is 0 Å². The minimum Gasteiger partial charge on any atom is -0.497 e. The van der Waals surface area contributed by atoms with Crippen LogP contribution in [0.2, 0.25) is 0 Å². The van der Waals surface area contributed by atoms with Crippen molar-refractivity contribution in [2.45, 2.75) is 32.8 Å².